The van der Waals surface area contributed by atoms with Crippen LogP contribution in [-0.2, 0) is 9.47 Å². The Bertz CT molecular complexity index is 394. The van der Waals surface area contributed by atoms with E-state index in [2.05, 4.69) is 26.0 Å². The van der Waals surface area contributed by atoms with Crippen molar-refractivity contribution in [2.45, 2.75) is 64.6 Å². The Balaban J connectivity index is 1.74. The van der Waals surface area contributed by atoms with Gasteiger partial charge in [0.2, 0.25) is 0 Å². The van der Waals surface area contributed by atoms with Gasteiger partial charge in [0.15, 0.2) is 0 Å². The molecule has 2 atom stereocenters. The standard InChI is InChI=1S/C19H30O3/c1-3-5-7-13-20-17-11-9-16(10-12-17)19-15-21-18(14-22-19)8-6-4-2/h9-12,18-19H,3-8,13-15H2,1-2H3/t18-,19-/m0/s1. The zero-order chi connectivity index (χ0) is 15.6. The van der Waals surface area contributed by atoms with Crippen molar-refractivity contribution in [3.05, 3.63) is 29.8 Å². The molecule has 0 radical (unpaired) electrons. The molecular weight excluding hydrogens is 276 g/mol. The first-order valence-electron chi connectivity index (χ1n) is 8.79. The highest BCUT2D eigenvalue weighted by molar-refractivity contribution is 5.28. The summed E-state index contributed by atoms with van der Waals surface area (Å²) >= 11 is 0. The molecular formula is C19H30O3. The van der Waals surface area contributed by atoms with E-state index in [9.17, 15) is 0 Å². The summed E-state index contributed by atoms with van der Waals surface area (Å²) < 4.78 is 17.6. The first-order valence-corrected chi connectivity index (χ1v) is 8.79. The van der Waals surface area contributed by atoms with Crippen molar-refractivity contribution in [2.75, 3.05) is 19.8 Å². The van der Waals surface area contributed by atoms with Gasteiger partial charge in [0.05, 0.1) is 25.9 Å². The van der Waals surface area contributed by atoms with Crippen molar-refractivity contribution in [3.63, 3.8) is 0 Å². The number of hydrogen-bond acceptors (Lipinski definition) is 3. The lowest BCUT2D eigenvalue weighted by Gasteiger charge is -2.29. The lowest BCUT2D eigenvalue weighted by atomic mass is 10.1. The van der Waals surface area contributed by atoms with Gasteiger partial charge in [0, 0.05) is 0 Å². The molecule has 22 heavy (non-hydrogen) atoms. The number of rotatable bonds is 9. The second kappa shape index (κ2) is 9.86. The Morgan fingerprint density at radius 3 is 2.36 bits per heavy atom. The fourth-order valence-electron chi connectivity index (χ4n) is 2.65. The lowest BCUT2D eigenvalue weighted by molar-refractivity contribution is -0.137. The second-order valence-electron chi connectivity index (χ2n) is 6.04. The minimum Gasteiger partial charge on any atom is -0.494 e. The van der Waals surface area contributed by atoms with Crippen LogP contribution < -0.4 is 4.74 Å². The second-order valence-corrected chi connectivity index (χ2v) is 6.04. The Morgan fingerprint density at radius 2 is 1.73 bits per heavy atom. The van der Waals surface area contributed by atoms with E-state index < -0.39 is 0 Å². The molecule has 1 aromatic rings. The maximum absolute atomic E-state index is 5.96. The molecule has 1 aromatic carbocycles. The molecule has 0 unspecified atom stereocenters. The van der Waals surface area contributed by atoms with Crippen LogP contribution in [0.3, 0.4) is 0 Å². The zero-order valence-corrected chi connectivity index (χ0v) is 14.1. The highest BCUT2D eigenvalue weighted by Crippen LogP contribution is 2.26. The highest BCUT2D eigenvalue weighted by atomic mass is 16.6. The molecule has 0 bridgehead atoms. The molecule has 1 aliphatic rings. The van der Waals surface area contributed by atoms with Gasteiger partial charge in [-0.1, -0.05) is 51.7 Å². The fraction of sp³-hybridized carbons (Fsp3) is 0.684. The molecule has 3 heteroatoms. The van der Waals surface area contributed by atoms with Crippen LogP contribution in [0.4, 0.5) is 0 Å². The van der Waals surface area contributed by atoms with E-state index >= 15 is 0 Å². The van der Waals surface area contributed by atoms with Gasteiger partial charge in [-0.3, -0.25) is 0 Å². The first kappa shape index (κ1) is 17.3. The molecule has 0 aliphatic carbocycles. The summed E-state index contributed by atoms with van der Waals surface area (Å²) in [5, 5.41) is 0. The van der Waals surface area contributed by atoms with Gasteiger partial charge in [-0.25, -0.2) is 0 Å². The van der Waals surface area contributed by atoms with Crippen LogP contribution in [0.25, 0.3) is 0 Å². The number of ether oxygens (including phenoxy) is 3. The molecule has 1 aliphatic heterocycles. The van der Waals surface area contributed by atoms with Gasteiger partial charge < -0.3 is 14.2 Å². The van der Waals surface area contributed by atoms with Crippen LogP contribution >= 0.6 is 0 Å². The number of hydrogen-bond donors (Lipinski definition) is 0. The largest absolute Gasteiger partial charge is 0.494 e. The summed E-state index contributed by atoms with van der Waals surface area (Å²) in [6.45, 7) is 6.58. The van der Waals surface area contributed by atoms with Crippen molar-refractivity contribution < 1.29 is 14.2 Å². The average Bonchev–Trinajstić information content (AvgIpc) is 2.58. The normalized spacial score (nSPS) is 21.7. The Labute approximate surface area is 135 Å². The van der Waals surface area contributed by atoms with Crippen molar-refractivity contribution in [1.29, 1.82) is 0 Å². The molecule has 0 N–H and O–H groups in total. The van der Waals surface area contributed by atoms with Crippen molar-refractivity contribution in [3.8, 4) is 5.75 Å². The van der Waals surface area contributed by atoms with Crippen molar-refractivity contribution in [1.82, 2.24) is 0 Å². The molecule has 124 valence electrons. The summed E-state index contributed by atoms with van der Waals surface area (Å²) in [4.78, 5) is 0. The van der Waals surface area contributed by atoms with E-state index in [1.54, 1.807) is 0 Å². The topological polar surface area (TPSA) is 27.7 Å². The smallest absolute Gasteiger partial charge is 0.119 e. The van der Waals surface area contributed by atoms with Gasteiger partial charge in [0.1, 0.15) is 11.9 Å². The Morgan fingerprint density at radius 1 is 0.955 bits per heavy atom. The molecule has 1 heterocycles. The maximum Gasteiger partial charge on any atom is 0.119 e. The van der Waals surface area contributed by atoms with Crippen LogP contribution in [-0.4, -0.2) is 25.9 Å². The maximum atomic E-state index is 5.96. The van der Waals surface area contributed by atoms with E-state index in [0.29, 0.717) is 13.2 Å². The minimum absolute atomic E-state index is 0.0621. The molecule has 0 amide bonds. The van der Waals surface area contributed by atoms with Gasteiger partial charge >= 0.3 is 0 Å². The third kappa shape index (κ3) is 5.62. The van der Waals surface area contributed by atoms with Crippen LogP contribution in [0.2, 0.25) is 0 Å². The molecule has 1 fully saturated rings. The van der Waals surface area contributed by atoms with E-state index in [-0.39, 0.29) is 12.2 Å². The summed E-state index contributed by atoms with van der Waals surface area (Å²) in [6.07, 6.45) is 7.44. The zero-order valence-electron chi connectivity index (χ0n) is 14.1. The predicted octanol–water partition coefficient (Wildman–Crippen LogP) is 4.90. The van der Waals surface area contributed by atoms with Gasteiger partial charge in [0.25, 0.3) is 0 Å². The summed E-state index contributed by atoms with van der Waals surface area (Å²) in [5.41, 5.74) is 1.18. The van der Waals surface area contributed by atoms with Gasteiger partial charge in [-0.05, 0) is 30.5 Å². The summed E-state index contributed by atoms with van der Waals surface area (Å²) in [7, 11) is 0. The minimum atomic E-state index is 0.0621. The molecule has 0 saturated carbocycles. The monoisotopic (exact) mass is 306 g/mol. The van der Waals surface area contributed by atoms with Crippen molar-refractivity contribution >= 4 is 0 Å². The first-order chi connectivity index (χ1) is 10.8. The van der Waals surface area contributed by atoms with Crippen LogP contribution in [0.1, 0.15) is 64.0 Å². The van der Waals surface area contributed by atoms with Gasteiger partial charge in [-0.2, -0.15) is 0 Å². The fourth-order valence-corrected chi connectivity index (χ4v) is 2.65. The molecule has 0 spiro atoms. The predicted molar refractivity (Wildman–Crippen MR) is 89.4 cm³/mol. The summed E-state index contributed by atoms with van der Waals surface area (Å²) in [5.74, 6) is 0.942. The molecule has 3 nitrogen and oxygen atoms in total. The van der Waals surface area contributed by atoms with Crippen LogP contribution in [0.5, 0.6) is 5.75 Å². The number of benzene rings is 1. The summed E-state index contributed by atoms with van der Waals surface area (Å²) in [6, 6.07) is 8.26. The Kier molecular flexibility index (Phi) is 7.75. The quantitative estimate of drug-likeness (QED) is 0.607. The van der Waals surface area contributed by atoms with E-state index in [0.717, 1.165) is 25.2 Å². The molecule has 0 aromatic heterocycles. The van der Waals surface area contributed by atoms with E-state index in [1.165, 1.54) is 31.2 Å². The van der Waals surface area contributed by atoms with E-state index in [1.807, 2.05) is 12.1 Å². The molecule has 1 saturated heterocycles. The number of unbranched alkanes of at least 4 members (excludes halogenated alkanes) is 3. The van der Waals surface area contributed by atoms with Crippen molar-refractivity contribution in [2.24, 2.45) is 0 Å². The van der Waals surface area contributed by atoms with Crippen LogP contribution in [0.15, 0.2) is 24.3 Å². The lowest BCUT2D eigenvalue weighted by Crippen LogP contribution is -2.31. The molecule has 2 rings (SSSR count). The third-order valence-corrected chi connectivity index (χ3v) is 4.11. The highest BCUT2D eigenvalue weighted by Gasteiger charge is 2.23. The van der Waals surface area contributed by atoms with E-state index in [4.69, 9.17) is 14.2 Å². The van der Waals surface area contributed by atoms with Crippen LogP contribution in [0, 0.1) is 0 Å². The average molecular weight is 306 g/mol. The third-order valence-electron chi connectivity index (χ3n) is 4.11. The van der Waals surface area contributed by atoms with Gasteiger partial charge in [-0.15, -0.1) is 0 Å². The SMILES string of the molecule is CCCCCOc1ccc([C@@H]2CO[C@@H](CCCC)CO2)cc1. The Hall–Kier alpha value is -1.06.